The van der Waals surface area contributed by atoms with Gasteiger partial charge in [0.05, 0.1) is 12.7 Å². The quantitative estimate of drug-likeness (QED) is 0.0491. The first-order valence-electron chi connectivity index (χ1n) is 18.2. The Labute approximate surface area is 321 Å². The van der Waals surface area contributed by atoms with E-state index in [9.17, 15) is 30.0 Å². The first-order valence-corrected chi connectivity index (χ1v) is 18.6. The molecular weight excluding hydrogens is 716 g/mol. The van der Waals surface area contributed by atoms with Crippen molar-refractivity contribution in [1.29, 1.82) is 0 Å². The minimum atomic E-state index is -1.70. The highest BCUT2D eigenvalue weighted by atomic mass is 35.5. The van der Waals surface area contributed by atoms with Crippen LogP contribution >= 0.6 is 11.6 Å². The Morgan fingerprint density at radius 3 is 2.33 bits per heavy atom. The van der Waals surface area contributed by atoms with Crippen molar-refractivity contribution in [3.05, 3.63) is 81.6 Å². The van der Waals surface area contributed by atoms with Gasteiger partial charge in [0.1, 0.15) is 18.3 Å². The van der Waals surface area contributed by atoms with Crippen LogP contribution in [-0.4, -0.2) is 122 Å². The van der Waals surface area contributed by atoms with E-state index in [1.54, 1.807) is 18.3 Å². The van der Waals surface area contributed by atoms with Crippen molar-refractivity contribution in [3.8, 4) is 0 Å². The molecule has 0 saturated heterocycles. The predicted molar refractivity (Wildman–Crippen MR) is 209 cm³/mol. The number of nitrogen functional groups attached to an aromatic ring is 2. The summed E-state index contributed by atoms with van der Waals surface area (Å²) in [7, 11) is 0. The van der Waals surface area contributed by atoms with E-state index in [0.29, 0.717) is 38.2 Å². The number of nitrogens with two attached hydrogens (primary N) is 2. The van der Waals surface area contributed by atoms with Crippen molar-refractivity contribution < 1.29 is 35.1 Å². The summed E-state index contributed by atoms with van der Waals surface area (Å²) < 4.78 is 0. The Bertz CT molecular complexity index is 1650. The SMILES string of the molecule is CCCCCCN(CCNC(=O)c1ccc(CNC[C@H](C=NC(=O)c2nc(Cl)c(N)nc2N)Cc2ccccc2C)cc1)C[C@H](O)[C@@H](O)[C@H](O)[C@H](O)CO. The molecule has 2 aromatic carbocycles. The number of carbonyl (C=O) groups is 2. The van der Waals surface area contributed by atoms with E-state index in [4.69, 9.17) is 28.2 Å². The molecule has 0 unspecified atom stereocenters. The summed E-state index contributed by atoms with van der Waals surface area (Å²) in [5.41, 5.74) is 14.9. The van der Waals surface area contributed by atoms with E-state index in [2.05, 4.69) is 32.5 Å². The van der Waals surface area contributed by atoms with Gasteiger partial charge in [0, 0.05) is 50.4 Å². The molecule has 0 bridgehead atoms. The molecule has 0 spiro atoms. The predicted octanol–water partition coefficient (Wildman–Crippen LogP) is 1.51. The lowest BCUT2D eigenvalue weighted by Crippen LogP contribution is -2.50. The minimum Gasteiger partial charge on any atom is -0.394 e. The number of aliphatic hydroxyl groups is 5. The maximum absolute atomic E-state index is 13.0. The van der Waals surface area contributed by atoms with Crippen molar-refractivity contribution in [2.75, 3.05) is 50.8 Å². The minimum absolute atomic E-state index is 0.00874. The van der Waals surface area contributed by atoms with Crippen LogP contribution in [0.5, 0.6) is 0 Å². The number of aromatic nitrogens is 2. The van der Waals surface area contributed by atoms with E-state index in [1.807, 2.05) is 48.2 Å². The zero-order valence-electron chi connectivity index (χ0n) is 30.9. The zero-order valence-corrected chi connectivity index (χ0v) is 31.7. The lowest BCUT2D eigenvalue weighted by atomic mass is 9.96. The summed E-state index contributed by atoms with van der Waals surface area (Å²) in [4.78, 5) is 39.6. The van der Waals surface area contributed by atoms with E-state index >= 15 is 0 Å². The number of benzene rings is 2. The maximum Gasteiger partial charge on any atom is 0.299 e. The number of halogens is 1. The number of aliphatic imine (C=N–C) groups is 1. The molecule has 1 heterocycles. The fourth-order valence-electron chi connectivity index (χ4n) is 5.73. The molecule has 0 aliphatic heterocycles. The highest BCUT2D eigenvalue weighted by Crippen LogP contribution is 2.19. The lowest BCUT2D eigenvalue weighted by molar-refractivity contribution is -0.119. The molecule has 0 fully saturated rings. The van der Waals surface area contributed by atoms with Crippen molar-refractivity contribution in [2.24, 2.45) is 10.9 Å². The number of hydrogen-bond acceptors (Lipinski definition) is 13. The van der Waals surface area contributed by atoms with Crippen LogP contribution in [0.4, 0.5) is 11.6 Å². The molecule has 3 rings (SSSR count). The van der Waals surface area contributed by atoms with Gasteiger partial charge in [-0.3, -0.25) is 14.5 Å². The summed E-state index contributed by atoms with van der Waals surface area (Å²) in [6.45, 7) is 5.62. The zero-order chi connectivity index (χ0) is 39.6. The van der Waals surface area contributed by atoms with Crippen LogP contribution in [0.2, 0.25) is 5.15 Å². The number of aryl methyl sites for hydroxylation is 1. The van der Waals surface area contributed by atoms with Crippen LogP contribution in [0.1, 0.15) is 70.1 Å². The van der Waals surface area contributed by atoms with E-state index in [1.165, 1.54) is 0 Å². The number of nitrogens with one attached hydrogen (secondary N) is 2. The van der Waals surface area contributed by atoms with E-state index in [0.717, 1.165) is 42.4 Å². The Hall–Kier alpha value is -4.06. The highest BCUT2D eigenvalue weighted by Gasteiger charge is 2.31. The van der Waals surface area contributed by atoms with Crippen LogP contribution in [0, 0.1) is 12.8 Å². The summed E-state index contributed by atoms with van der Waals surface area (Å²) in [6, 6.07) is 15.1. The van der Waals surface area contributed by atoms with Crippen LogP contribution in [0.15, 0.2) is 53.5 Å². The molecule has 296 valence electrons. The number of rotatable bonds is 23. The molecule has 54 heavy (non-hydrogen) atoms. The normalized spacial score (nSPS) is 14.5. The van der Waals surface area contributed by atoms with Gasteiger partial charge in [-0.25, -0.2) is 15.0 Å². The third-order valence-electron chi connectivity index (χ3n) is 9.02. The van der Waals surface area contributed by atoms with Crippen molar-refractivity contribution in [1.82, 2.24) is 25.5 Å². The first kappa shape index (κ1) is 44.3. The van der Waals surface area contributed by atoms with E-state index < -0.39 is 36.9 Å². The number of anilines is 2. The van der Waals surface area contributed by atoms with Gasteiger partial charge in [0.15, 0.2) is 22.5 Å². The number of carbonyl (C=O) groups excluding carboxylic acids is 2. The second-order valence-electron chi connectivity index (χ2n) is 13.4. The Morgan fingerprint density at radius 1 is 0.944 bits per heavy atom. The van der Waals surface area contributed by atoms with Crippen molar-refractivity contribution in [3.63, 3.8) is 0 Å². The van der Waals surface area contributed by atoms with Gasteiger partial charge >= 0.3 is 0 Å². The average molecular weight is 771 g/mol. The monoisotopic (exact) mass is 770 g/mol. The van der Waals surface area contributed by atoms with Gasteiger partial charge in [0.2, 0.25) is 0 Å². The number of amides is 2. The van der Waals surface area contributed by atoms with Gasteiger partial charge in [0.25, 0.3) is 11.8 Å². The third kappa shape index (κ3) is 14.3. The molecule has 5 atom stereocenters. The smallest absolute Gasteiger partial charge is 0.299 e. The number of nitrogens with zero attached hydrogens (tertiary/aromatic N) is 4. The topological polar surface area (TPSA) is 253 Å². The molecule has 0 aliphatic rings. The van der Waals surface area contributed by atoms with Crippen LogP contribution < -0.4 is 22.1 Å². The Morgan fingerprint density at radius 2 is 1.65 bits per heavy atom. The molecule has 1 aromatic heterocycles. The Balaban J connectivity index is 1.56. The molecule has 3 aromatic rings. The molecule has 2 amide bonds. The lowest BCUT2D eigenvalue weighted by Gasteiger charge is -2.30. The van der Waals surface area contributed by atoms with Crippen LogP contribution in [-0.2, 0) is 13.0 Å². The fraction of sp³-hybridized carbons (Fsp3) is 0.500. The second kappa shape index (κ2) is 23.0. The van der Waals surface area contributed by atoms with Crippen LogP contribution in [0.3, 0.4) is 0 Å². The second-order valence-corrected chi connectivity index (χ2v) is 13.7. The molecule has 0 aliphatic carbocycles. The number of unbranched alkanes of at least 4 members (excludes halogenated alkanes) is 3. The number of hydrogen-bond donors (Lipinski definition) is 9. The van der Waals surface area contributed by atoms with Gasteiger partial charge in [-0.15, -0.1) is 0 Å². The van der Waals surface area contributed by atoms with Gasteiger partial charge in [-0.2, -0.15) is 0 Å². The van der Waals surface area contributed by atoms with Gasteiger partial charge in [-0.1, -0.05) is 74.2 Å². The van der Waals surface area contributed by atoms with Gasteiger partial charge < -0.3 is 47.6 Å². The summed E-state index contributed by atoms with van der Waals surface area (Å²) in [5.74, 6) is -1.36. The molecule has 15 nitrogen and oxygen atoms in total. The molecule has 0 radical (unpaired) electrons. The first-order chi connectivity index (χ1) is 25.8. The molecular formula is C38H55ClN8O7. The Kier molecular flexibility index (Phi) is 18.9. The summed E-state index contributed by atoms with van der Waals surface area (Å²) in [6.07, 6.45) is -0.182. The molecule has 0 saturated carbocycles. The van der Waals surface area contributed by atoms with Crippen molar-refractivity contribution in [2.45, 2.75) is 76.9 Å². The maximum atomic E-state index is 13.0. The largest absolute Gasteiger partial charge is 0.394 e. The summed E-state index contributed by atoms with van der Waals surface area (Å²) in [5, 5.41) is 55.7. The summed E-state index contributed by atoms with van der Waals surface area (Å²) >= 11 is 5.95. The number of aliphatic hydroxyl groups excluding tert-OH is 5. The van der Waals surface area contributed by atoms with Crippen molar-refractivity contribution >= 4 is 41.3 Å². The van der Waals surface area contributed by atoms with Gasteiger partial charge in [-0.05, 0) is 55.1 Å². The molecule has 11 N–H and O–H groups in total. The standard InChI is InChI=1S/C38H55ClN8O7/c1-3-4-5-8-16-47(22-29(49)32(51)33(52)30(50)23-48)17-15-43-37(53)27-13-11-25(12-14-27)19-42-20-26(18-28-10-7-6-9-24(28)2)21-44-38(54)31-35(40)46-36(41)34(39)45-31/h6-7,9-14,21,26,29-30,32-33,42,48-52H,3-5,8,15-20,22-23H2,1-2H3,(H,43,53)(H4,40,41,46)/t26-,29+,30-,32-,33-/m1/s1. The van der Waals surface area contributed by atoms with E-state index in [-0.39, 0.29) is 47.4 Å². The average Bonchev–Trinajstić information content (AvgIpc) is 3.16. The fourth-order valence-corrected chi connectivity index (χ4v) is 5.86. The third-order valence-corrected chi connectivity index (χ3v) is 9.30. The highest BCUT2D eigenvalue weighted by molar-refractivity contribution is 6.31. The molecule has 16 heteroatoms. The van der Waals surface area contributed by atoms with Crippen LogP contribution in [0.25, 0.3) is 0 Å².